The fourth-order valence-electron chi connectivity index (χ4n) is 1.33. The molecular weight excluding hydrogens is 228 g/mol. The van der Waals surface area contributed by atoms with E-state index in [-0.39, 0.29) is 0 Å². The van der Waals surface area contributed by atoms with Crippen molar-refractivity contribution >= 4 is 26.2 Å². The largest absolute Gasteiger partial charge is 0.264 e. The lowest BCUT2D eigenvalue weighted by Crippen LogP contribution is -2.11. The number of hydrogen-bond acceptors (Lipinski definition) is 2. The number of rotatable bonds is 1. The van der Waals surface area contributed by atoms with Crippen molar-refractivity contribution in [2.45, 2.75) is 13.3 Å². The van der Waals surface area contributed by atoms with Gasteiger partial charge in [0.05, 0.1) is 5.69 Å². The van der Waals surface area contributed by atoms with Gasteiger partial charge in [0.2, 0.25) is 0 Å². The van der Waals surface area contributed by atoms with Gasteiger partial charge in [-0.05, 0) is 35.0 Å². The summed E-state index contributed by atoms with van der Waals surface area (Å²) in [6.45, 7) is 3.07. The Hall–Kier alpha value is -0.830. The highest BCUT2D eigenvalue weighted by Gasteiger charge is 2.12. The quantitative estimate of drug-likeness (QED) is 0.735. The molecule has 0 atom stereocenters. The van der Waals surface area contributed by atoms with Crippen LogP contribution < -0.4 is 5.01 Å². The molecule has 0 N–H and O–H groups in total. The summed E-state index contributed by atoms with van der Waals surface area (Å²) < 4.78 is 1.04. The third-order valence-corrected chi connectivity index (χ3v) is 2.65. The molecule has 0 saturated carbocycles. The number of nitrogens with zero attached hydrogens (tertiary/aromatic N) is 2. The summed E-state index contributed by atoms with van der Waals surface area (Å²) in [6.07, 6.45) is 1.01. The summed E-state index contributed by atoms with van der Waals surface area (Å²) >= 11 is 3.40. The van der Waals surface area contributed by atoms with Crippen molar-refractivity contribution in [1.29, 1.82) is 0 Å². The Bertz CT molecular complexity index is 329. The number of anilines is 1. The Kier molecular flexibility index (Phi) is 2.36. The normalized spacial score (nSPS) is 16.2. The molecule has 1 aromatic carbocycles. The Morgan fingerprint density at radius 1 is 1.31 bits per heavy atom. The van der Waals surface area contributed by atoms with Crippen LogP contribution in [0, 0.1) is 6.92 Å². The zero-order valence-corrected chi connectivity index (χ0v) is 9.08. The van der Waals surface area contributed by atoms with Crippen LogP contribution >= 0.6 is 15.9 Å². The van der Waals surface area contributed by atoms with E-state index in [1.165, 1.54) is 11.3 Å². The Balaban J connectivity index is 2.22. The third kappa shape index (κ3) is 1.91. The molecule has 0 amide bonds. The molecule has 1 aliphatic heterocycles. The summed E-state index contributed by atoms with van der Waals surface area (Å²) in [4.78, 5) is 0. The lowest BCUT2D eigenvalue weighted by Gasteiger charge is -2.12. The lowest BCUT2D eigenvalue weighted by molar-refractivity contribution is 0.921. The number of benzene rings is 1. The summed E-state index contributed by atoms with van der Waals surface area (Å²) in [5, 5.41) is 6.37. The Morgan fingerprint density at radius 2 is 2.00 bits per heavy atom. The predicted molar refractivity (Wildman–Crippen MR) is 59.5 cm³/mol. The molecule has 0 radical (unpaired) electrons. The molecule has 0 aliphatic carbocycles. The van der Waals surface area contributed by atoms with Crippen molar-refractivity contribution in [1.82, 2.24) is 0 Å². The van der Waals surface area contributed by atoms with Crippen molar-refractivity contribution in [2.75, 3.05) is 11.6 Å². The Labute approximate surface area is 86.4 Å². The summed E-state index contributed by atoms with van der Waals surface area (Å²) in [7, 11) is 0. The first kappa shape index (κ1) is 8.75. The van der Waals surface area contributed by atoms with E-state index in [1.807, 2.05) is 5.01 Å². The van der Waals surface area contributed by atoms with Gasteiger partial charge in [-0.1, -0.05) is 17.7 Å². The third-order valence-electron chi connectivity index (χ3n) is 2.09. The maximum absolute atomic E-state index is 4.36. The number of hydrogen-bond donors (Lipinski definition) is 0. The van der Waals surface area contributed by atoms with E-state index in [9.17, 15) is 0 Å². The summed E-state index contributed by atoms with van der Waals surface area (Å²) in [5.74, 6) is 0. The van der Waals surface area contributed by atoms with Crippen LogP contribution in [0.15, 0.2) is 29.4 Å². The van der Waals surface area contributed by atoms with E-state index >= 15 is 0 Å². The monoisotopic (exact) mass is 238 g/mol. The second kappa shape index (κ2) is 3.50. The number of aryl methyl sites for hydroxylation is 1. The maximum atomic E-state index is 4.36. The van der Waals surface area contributed by atoms with Gasteiger partial charge in [0.15, 0.2) is 0 Å². The van der Waals surface area contributed by atoms with E-state index in [0.717, 1.165) is 17.6 Å². The highest BCUT2D eigenvalue weighted by Crippen LogP contribution is 2.20. The highest BCUT2D eigenvalue weighted by atomic mass is 79.9. The van der Waals surface area contributed by atoms with E-state index < -0.39 is 0 Å². The molecule has 13 heavy (non-hydrogen) atoms. The first-order valence-corrected chi connectivity index (χ1v) is 5.12. The van der Waals surface area contributed by atoms with Gasteiger partial charge < -0.3 is 0 Å². The minimum atomic E-state index is 0.976. The van der Waals surface area contributed by atoms with Gasteiger partial charge >= 0.3 is 0 Å². The summed E-state index contributed by atoms with van der Waals surface area (Å²) in [6, 6.07) is 8.42. The van der Waals surface area contributed by atoms with E-state index in [1.54, 1.807) is 0 Å². The first-order chi connectivity index (χ1) is 6.25. The number of halogens is 1. The minimum Gasteiger partial charge on any atom is -0.264 e. The predicted octanol–water partition coefficient (Wildman–Crippen LogP) is 2.91. The molecule has 0 spiro atoms. The maximum Gasteiger partial charge on any atom is 0.105 e. The molecule has 0 bridgehead atoms. The van der Waals surface area contributed by atoms with Gasteiger partial charge in [-0.2, -0.15) is 5.10 Å². The fraction of sp³-hybridized carbons (Fsp3) is 0.300. The van der Waals surface area contributed by atoms with Crippen molar-refractivity contribution in [3.05, 3.63) is 29.8 Å². The molecule has 0 aromatic heterocycles. The van der Waals surface area contributed by atoms with Crippen LogP contribution in [0.25, 0.3) is 0 Å². The molecule has 1 aromatic rings. The Morgan fingerprint density at radius 3 is 2.54 bits per heavy atom. The molecule has 1 aliphatic rings. The van der Waals surface area contributed by atoms with Crippen molar-refractivity contribution in [3.8, 4) is 0 Å². The van der Waals surface area contributed by atoms with Crippen LogP contribution in [0.1, 0.15) is 12.0 Å². The topological polar surface area (TPSA) is 15.6 Å². The van der Waals surface area contributed by atoms with Gasteiger partial charge in [-0.15, -0.1) is 0 Å². The summed E-state index contributed by atoms with van der Waals surface area (Å²) in [5.41, 5.74) is 2.45. The van der Waals surface area contributed by atoms with Crippen molar-refractivity contribution < 1.29 is 0 Å². The van der Waals surface area contributed by atoms with Gasteiger partial charge in [-0.3, -0.25) is 5.01 Å². The van der Waals surface area contributed by atoms with E-state index in [2.05, 4.69) is 52.2 Å². The molecule has 3 heteroatoms. The zero-order chi connectivity index (χ0) is 9.26. The zero-order valence-electron chi connectivity index (χ0n) is 7.50. The van der Waals surface area contributed by atoms with Crippen molar-refractivity contribution in [3.63, 3.8) is 0 Å². The van der Waals surface area contributed by atoms with Crippen LogP contribution in [0.4, 0.5) is 5.69 Å². The molecule has 2 nitrogen and oxygen atoms in total. The molecule has 2 rings (SSSR count). The van der Waals surface area contributed by atoms with E-state index in [0.29, 0.717) is 0 Å². The second-order valence-electron chi connectivity index (χ2n) is 3.18. The standard InChI is InChI=1S/C10H11BrN2/c1-8-2-4-9(5-3-8)13-7-6-10(11)12-13/h2-5H,6-7H2,1H3. The van der Waals surface area contributed by atoms with Crippen LogP contribution in [0.3, 0.4) is 0 Å². The SMILES string of the molecule is Cc1ccc(N2CCC(Br)=N2)cc1. The molecule has 0 saturated heterocycles. The van der Waals surface area contributed by atoms with Crippen LogP contribution in [0.2, 0.25) is 0 Å². The van der Waals surface area contributed by atoms with Gasteiger partial charge in [0, 0.05) is 13.0 Å². The van der Waals surface area contributed by atoms with Gasteiger partial charge in [0.1, 0.15) is 4.62 Å². The first-order valence-electron chi connectivity index (χ1n) is 4.33. The van der Waals surface area contributed by atoms with Gasteiger partial charge in [-0.25, -0.2) is 0 Å². The molecule has 0 unspecified atom stereocenters. The smallest absolute Gasteiger partial charge is 0.105 e. The fourth-order valence-corrected chi connectivity index (χ4v) is 1.70. The number of hydrazone groups is 1. The average Bonchev–Trinajstić information content (AvgIpc) is 2.53. The lowest BCUT2D eigenvalue weighted by atomic mass is 10.2. The molecule has 0 fully saturated rings. The highest BCUT2D eigenvalue weighted by molar-refractivity contribution is 9.18. The van der Waals surface area contributed by atoms with Crippen molar-refractivity contribution in [2.24, 2.45) is 5.10 Å². The minimum absolute atomic E-state index is 0.976. The molecule has 68 valence electrons. The van der Waals surface area contributed by atoms with Crippen LogP contribution in [-0.4, -0.2) is 11.2 Å². The van der Waals surface area contributed by atoms with Gasteiger partial charge in [0.25, 0.3) is 0 Å². The van der Waals surface area contributed by atoms with Crippen LogP contribution in [-0.2, 0) is 0 Å². The van der Waals surface area contributed by atoms with E-state index in [4.69, 9.17) is 0 Å². The molecular formula is C10H11BrN2. The average molecular weight is 239 g/mol. The second-order valence-corrected chi connectivity index (χ2v) is 4.10. The molecule has 1 heterocycles. The van der Waals surface area contributed by atoms with Crippen LogP contribution in [0.5, 0.6) is 0 Å².